The second-order valence-corrected chi connectivity index (χ2v) is 5.11. The van der Waals surface area contributed by atoms with Gasteiger partial charge in [-0.2, -0.15) is 0 Å². The highest BCUT2D eigenvalue weighted by atomic mass is 79.9. The van der Waals surface area contributed by atoms with Crippen LogP contribution in [0.2, 0.25) is 0 Å². The molecular formula is C9H13BrN4O. The molecule has 1 aliphatic rings. The first kappa shape index (κ1) is 10.6. The highest BCUT2D eigenvalue weighted by Gasteiger charge is 2.26. The van der Waals surface area contributed by atoms with E-state index in [0.717, 1.165) is 24.4 Å². The minimum Gasteiger partial charge on any atom is -0.335 e. The molecule has 82 valence electrons. The summed E-state index contributed by atoms with van der Waals surface area (Å²) in [5.74, 6) is 0.117. The molecule has 1 amide bonds. The normalized spacial score (nSPS) is 17.4. The van der Waals surface area contributed by atoms with E-state index < -0.39 is 0 Å². The highest BCUT2D eigenvalue weighted by molar-refractivity contribution is 9.10. The predicted octanol–water partition coefficient (Wildman–Crippen LogP) is 0.483. The van der Waals surface area contributed by atoms with Gasteiger partial charge in [0.05, 0.1) is 17.1 Å². The maximum absolute atomic E-state index is 11.7. The van der Waals surface area contributed by atoms with Crippen LogP contribution in [-0.2, 0) is 24.8 Å². The number of hydrogen-bond acceptors (Lipinski definition) is 3. The summed E-state index contributed by atoms with van der Waals surface area (Å²) in [5, 5.41) is 8.01. The summed E-state index contributed by atoms with van der Waals surface area (Å²) in [7, 11) is 1.89. The first-order chi connectivity index (χ1) is 7.09. The summed E-state index contributed by atoms with van der Waals surface area (Å²) < 4.78 is 1.79. The van der Waals surface area contributed by atoms with Gasteiger partial charge in [-0.15, -0.1) is 5.10 Å². The molecule has 0 unspecified atom stereocenters. The molecule has 1 aromatic rings. The summed E-state index contributed by atoms with van der Waals surface area (Å²) in [6.07, 6.45) is 0.838. The number of carbonyl (C=O) groups excluding carboxylic acids is 1. The molecule has 0 aromatic carbocycles. The molecule has 0 bridgehead atoms. The number of halogens is 1. The molecule has 15 heavy (non-hydrogen) atoms. The number of aryl methyl sites for hydroxylation is 1. The molecule has 0 spiro atoms. The molecule has 2 rings (SSSR count). The van der Waals surface area contributed by atoms with Crippen LogP contribution in [0.5, 0.6) is 0 Å². The van der Waals surface area contributed by atoms with E-state index in [1.54, 1.807) is 4.68 Å². The molecule has 6 heteroatoms. The number of hydrogen-bond donors (Lipinski definition) is 0. The van der Waals surface area contributed by atoms with Crippen molar-refractivity contribution in [2.24, 2.45) is 7.05 Å². The van der Waals surface area contributed by atoms with Gasteiger partial charge in [0, 0.05) is 20.0 Å². The Bertz CT molecular complexity index is 387. The van der Waals surface area contributed by atoms with Crippen molar-refractivity contribution >= 4 is 21.8 Å². The lowest BCUT2D eigenvalue weighted by Gasteiger charge is -2.27. The van der Waals surface area contributed by atoms with Crippen LogP contribution in [0.15, 0.2) is 0 Å². The molecule has 0 saturated heterocycles. The molecule has 0 fully saturated rings. The number of fused-ring (bicyclic) bond motifs is 1. The second kappa shape index (κ2) is 3.92. The molecule has 2 heterocycles. The molecule has 0 saturated carbocycles. The smallest absolute Gasteiger partial charge is 0.236 e. The molecular weight excluding hydrogens is 260 g/mol. The standard InChI is InChI=1S/C9H13BrN4O/c1-6(10)9(15)14-4-3-8-7(5-14)11-12-13(8)2/h6H,3-5H2,1-2H3/t6-/m0/s1. The van der Waals surface area contributed by atoms with E-state index in [9.17, 15) is 4.79 Å². The van der Waals surface area contributed by atoms with Crippen LogP contribution in [0.4, 0.5) is 0 Å². The van der Waals surface area contributed by atoms with Crippen LogP contribution >= 0.6 is 15.9 Å². The fourth-order valence-corrected chi connectivity index (χ4v) is 2.08. The Balaban J connectivity index is 2.16. The second-order valence-electron chi connectivity index (χ2n) is 3.73. The van der Waals surface area contributed by atoms with Gasteiger partial charge in [0.15, 0.2) is 0 Å². The summed E-state index contributed by atoms with van der Waals surface area (Å²) in [6.45, 7) is 3.18. The first-order valence-electron chi connectivity index (χ1n) is 4.90. The Morgan fingerprint density at radius 3 is 3.00 bits per heavy atom. The summed E-state index contributed by atoms with van der Waals surface area (Å²) in [6, 6.07) is 0. The summed E-state index contributed by atoms with van der Waals surface area (Å²) >= 11 is 3.29. The quantitative estimate of drug-likeness (QED) is 0.699. The van der Waals surface area contributed by atoms with Crippen molar-refractivity contribution in [1.82, 2.24) is 19.9 Å². The van der Waals surface area contributed by atoms with Crippen molar-refractivity contribution < 1.29 is 4.79 Å². The maximum atomic E-state index is 11.7. The van der Waals surface area contributed by atoms with Crippen molar-refractivity contribution in [3.63, 3.8) is 0 Å². The van der Waals surface area contributed by atoms with Gasteiger partial charge in [0.2, 0.25) is 5.91 Å². The molecule has 0 N–H and O–H groups in total. The van der Waals surface area contributed by atoms with E-state index in [1.807, 2.05) is 18.9 Å². The van der Waals surface area contributed by atoms with Gasteiger partial charge in [-0.1, -0.05) is 21.1 Å². The van der Waals surface area contributed by atoms with Crippen LogP contribution in [0.1, 0.15) is 18.3 Å². The van der Waals surface area contributed by atoms with Crippen molar-refractivity contribution in [2.75, 3.05) is 6.54 Å². The van der Waals surface area contributed by atoms with Gasteiger partial charge in [-0.25, -0.2) is 0 Å². The van der Waals surface area contributed by atoms with Crippen molar-refractivity contribution in [3.05, 3.63) is 11.4 Å². The lowest BCUT2D eigenvalue weighted by atomic mass is 10.1. The molecule has 0 radical (unpaired) electrons. The number of aromatic nitrogens is 3. The topological polar surface area (TPSA) is 51.0 Å². The van der Waals surface area contributed by atoms with Crippen LogP contribution in [0.3, 0.4) is 0 Å². The average molecular weight is 273 g/mol. The third-order valence-electron chi connectivity index (χ3n) is 2.63. The Kier molecular flexibility index (Phi) is 2.77. The Labute approximate surface area is 96.6 Å². The van der Waals surface area contributed by atoms with Gasteiger partial charge < -0.3 is 4.90 Å². The third kappa shape index (κ3) is 1.90. The van der Waals surface area contributed by atoms with Crippen LogP contribution in [0, 0.1) is 0 Å². The monoisotopic (exact) mass is 272 g/mol. The SMILES string of the molecule is C[C@H](Br)C(=O)N1CCc2c(nnn2C)C1. The highest BCUT2D eigenvalue weighted by Crippen LogP contribution is 2.17. The lowest BCUT2D eigenvalue weighted by molar-refractivity contribution is -0.131. The van der Waals surface area contributed by atoms with Gasteiger partial charge >= 0.3 is 0 Å². The van der Waals surface area contributed by atoms with Crippen molar-refractivity contribution in [2.45, 2.75) is 24.7 Å². The third-order valence-corrected chi connectivity index (χ3v) is 3.03. The van der Waals surface area contributed by atoms with Crippen LogP contribution in [0.25, 0.3) is 0 Å². The maximum Gasteiger partial charge on any atom is 0.236 e. The zero-order valence-electron chi connectivity index (χ0n) is 8.77. The Morgan fingerprint density at radius 1 is 1.60 bits per heavy atom. The first-order valence-corrected chi connectivity index (χ1v) is 5.81. The largest absolute Gasteiger partial charge is 0.335 e. The van der Waals surface area contributed by atoms with E-state index >= 15 is 0 Å². The Morgan fingerprint density at radius 2 is 2.33 bits per heavy atom. The summed E-state index contributed by atoms with van der Waals surface area (Å²) in [4.78, 5) is 13.4. The lowest BCUT2D eigenvalue weighted by Crippen LogP contribution is -2.39. The minimum absolute atomic E-state index is 0.117. The van der Waals surface area contributed by atoms with Crippen LogP contribution < -0.4 is 0 Å². The fraction of sp³-hybridized carbons (Fsp3) is 0.667. The number of carbonyl (C=O) groups is 1. The average Bonchev–Trinajstić information content (AvgIpc) is 2.59. The van der Waals surface area contributed by atoms with Crippen molar-refractivity contribution in [3.8, 4) is 0 Å². The van der Waals surface area contributed by atoms with Crippen LogP contribution in [-0.4, -0.2) is 37.2 Å². The zero-order chi connectivity index (χ0) is 11.0. The van der Waals surface area contributed by atoms with Gasteiger partial charge in [-0.3, -0.25) is 9.48 Å². The van der Waals surface area contributed by atoms with Gasteiger partial charge in [0.25, 0.3) is 0 Å². The molecule has 1 aromatic heterocycles. The van der Waals surface area contributed by atoms with Gasteiger partial charge in [0.1, 0.15) is 5.69 Å². The molecule has 1 aliphatic heterocycles. The van der Waals surface area contributed by atoms with E-state index in [1.165, 1.54) is 0 Å². The van der Waals surface area contributed by atoms with E-state index in [0.29, 0.717) is 6.54 Å². The molecule has 1 atom stereocenters. The zero-order valence-corrected chi connectivity index (χ0v) is 10.4. The number of amides is 1. The van der Waals surface area contributed by atoms with E-state index in [-0.39, 0.29) is 10.7 Å². The van der Waals surface area contributed by atoms with Crippen molar-refractivity contribution in [1.29, 1.82) is 0 Å². The number of rotatable bonds is 1. The summed E-state index contributed by atoms with van der Waals surface area (Å²) in [5.41, 5.74) is 2.06. The van der Waals surface area contributed by atoms with E-state index in [4.69, 9.17) is 0 Å². The fourth-order valence-electron chi connectivity index (χ4n) is 1.79. The minimum atomic E-state index is -0.129. The molecule has 0 aliphatic carbocycles. The number of alkyl halides is 1. The van der Waals surface area contributed by atoms with Gasteiger partial charge in [-0.05, 0) is 6.92 Å². The molecule has 5 nitrogen and oxygen atoms in total. The van der Waals surface area contributed by atoms with E-state index in [2.05, 4.69) is 26.2 Å². The number of nitrogens with zero attached hydrogens (tertiary/aromatic N) is 4. The predicted molar refractivity (Wildman–Crippen MR) is 58.5 cm³/mol. The Hall–Kier alpha value is -0.910.